The van der Waals surface area contributed by atoms with Crippen molar-refractivity contribution >= 4 is 11.6 Å². The van der Waals surface area contributed by atoms with E-state index in [-0.39, 0.29) is 0 Å². The highest BCUT2D eigenvalue weighted by Crippen LogP contribution is 2.06. The summed E-state index contributed by atoms with van der Waals surface area (Å²) in [4.78, 5) is 3.83. The maximum Gasteiger partial charge on any atom is 0.221 e. The minimum Gasteiger partial charge on any atom is -0.232 e. The molecule has 0 aliphatic carbocycles. The topological polar surface area (TPSA) is 30.7 Å². The van der Waals surface area contributed by atoms with Gasteiger partial charge in [-0.2, -0.15) is 5.10 Å². The summed E-state index contributed by atoms with van der Waals surface area (Å²) >= 11 is 5.78. The Balaban J connectivity index is 2.20. The van der Waals surface area contributed by atoms with E-state index in [1.807, 2.05) is 30.3 Å². The van der Waals surface area contributed by atoms with Crippen LogP contribution in [-0.2, 0) is 6.54 Å². The predicted molar refractivity (Wildman–Crippen MR) is 50.6 cm³/mol. The molecule has 13 heavy (non-hydrogen) atoms. The molecule has 0 N–H and O–H groups in total. The van der Waals surface area contributed by atoms with Crippen LogP contribution >= 0.6 is 11.6 Å². The molecule has 0 bridgehead atoms. The number of benzene rings is 1. The summed E-state index contributed by atoms with van der Waals surface area (Å²) in [7, 11) is 0. The van der Waals surface area contributed by atoms with Crippen molar-refractivity contribution in [3.05, 3.63) is 47.5 Å². The highest BCUT2D eigenvalue weighted by atomic mass is 35.5. The molecule has 4 heteroatoms. The smallest absolute Gasteiger partial charge is 0.221 e. The fraction of sp³-hybridized carbons (Fsp3) is 0.111. The molecule has 1 aromatic heterocycles. The molecule has 0 spiro atoms. The van der Waals surface area contributed by atoms with E-state index in [0.717, 1.165) is 5.56 Å². The number of hydrogen-bond donors (Lipinski definition) is 0. The van der Waals surface area contributed by atoms with E-state index in [1.54, 1.807) is 4.68 Å². The van der Waals surface area contributed by atoms with Crippen molar-refractivity contribution < 1.29 is 0 Å². The Morgan fingerprint density at radius 1 is 1.23 bits per heavy atom. The molecule has 2 aromatic rings. The van der Waals surface area contributed by atoms with Crippen LogP contribution in [0.3, 0.4) is 0 Å². The van der Waals surface area contributed by atoms with E-state index in [4.69, 9.17) is 11.6 Å². The molecule has 0 radical (unpaired) electrons. The minimum atomic E-state index is 0.420. The molecule has 0 unspecified atom stereocenters. The van der Waals surface area contributed by atoms with Crippen molar-refractivity contribution in [2.75, 3.05) is 0 Å². The average Bonchev–Trinajstić information content (AvgIpc) is 2.54. The standard InChI is InChI=1S/C9H8ClN3/c10-9-11-7-12-13(9)6-8-4-2-1-3-5-8/h1-5,7H,6H2. The van der Waals surface area contributed by atoms with Gasteiger partial charge in [0.2, 0.25) is 5.28 Å². The molecule has 1 heterocycles. The van der Waals surface area contributed by atoms with Gasteiger partial charge in [-0.15, -0.1) is 0 Å². The van der Waals surface area contributed by atoms with Crippen LogP contribution in [0.5, 0.6) is 0 Å². The maximum absolute atomic E-state index is 5.78. The summed E-state index contributed by atoms with van der Waals surface area (Å²) in [5, 5.41) is 4.40. The van der Waals surface area contributed by atoms with Gasteiger partial charge in [0, 0.05) is 0 Å². The first-order valence-electron chi connectivity index (χ1n) is 3.93. The lowest BCUT2D eigenvalue weighted by molar-refractivity contribution is 0.686. The van der Waals surface area contributed by atoms with Crippen LogP contribution in [0.4, 0.5) is 0 Å². The highest BCUT2D eigenvalue weighted by molar-refractivity contribution is 6.28. The first kappa shape index (κ1) is 8.26. The number of nitrogens with zero attached hydrogens (tertiary/aromatic N) is 3. The largest absolute Gasteiger partial charge is 0.232 e. The first-order chi connectivity index (χ1) is 6.36. The van der Waals surface area contributed by atoms with Crippen molar-refractivity contribution in [2.45, 2.75) is 6.54 Å². The van der Waals surface area contributed by atoms with Gasteiger partial charge in [0.1, 0.15) is 6.33 Å². The molecule has 2 rings (SSSR count). The van der Waals surface area contributed by atoms with E-state index in [1.165, 1.54) is 6.33 Å². The normalized spacial score (nSPS) is 10.2. The molecule has 3 nitrogen and oxygen atoms in total. The Morgan fingerprint density at radius 3 is 2.62 bits per heavy atom. The average molecular weight is 194 g/mol. The molecule has 0 amide bonds. The van der Waals surface area contributed by atoms with Crippen LogP contribution in [0.1, 0.15) is 5.56 Å². The van der Waals surface area contributed by atoms with E-state index in [2.05, 4.69) is 10.1 Å². The van der Waals surface area contributed by atoms with Crippen molar-refractivity contribution in [1.29, 1.82) is 0 Å². The Morgan fingerprint density at radius 2 is 2.00 bits per heavy atom. The van der Waals surface area contributed by atoms with Gasteiger partial charge in [0.15, 0.2) is 0 Å². The molecule has 0 saturated heterocycles. The number of aromatic nitrogens is 3. The molecule has 0 aliphatic heterocycles. The second-order valence-corrected chi connectivity index (χ2v) is 3.01. The zero-order valence-corrected chi connectivity index (χ0v) is 7.65. The predicted octanol–water partition coefficient (Wildman–Crippen LogP) is 1.98. The van der Waals surface area contributed by atoms with E-state index >= 15 is 0 Å². The fourth-order valence-electron chi connectivity index (χ4n) is 1.11. The van der Waals surface area contributed by atoms with Crippen molar-refractivity contribution in [1.82, 2.24) is 14.8 Å². The Labute approximate surface area is 81.0 Å². The second-order valence-electron chi connectivity index (χ2n) is 2.67. The van der Waals surface area contributed by atoms with Crippen molar-refractivity contribution in [2.24, 2.45) is 0 Å². The molecule has 0 fully saturated rings. The third-order valence-corrected chi connectivity index (χ3v) is 2.04. The van der Waals surface area contributed by atoms with Crippen molar-refractivity contribution in [3.63, 3.8) is 0 Å². The third kappa shape index (κ3) is 1.87. The maximum atomic E-state index is 5.78. The monoisotopic (exact) mass is 193 g/mol. The summed E-state index contributed by atoms with van der Waals surface area (Å²) in [6.07, 6.45) is 1.45. The number of hydrogen-bond acceptors (Lipinski definition) is 2. The van der Waals surface area contributed by atoms with E-state index in [0.29, 0.717) is 11.8 Å². The van der Waals surface area contributed by atoms with Gasteiger partial charge in [-0.25, -0.2) is 9.67 Å². The van der Waals surface area contributed by atoms with Gasteiger partial charge in [-0.3, -0.25) is 0 Å². The molecular weight excluding hydrogens is 186 g/mol. The fourth-order valence-corrected chi connectivity index (χ4v) is 1.26. The molecule has 1 aromatic carbocycles. The van der Waals surface area contributed by atoms with Gasteiger partial charge >= 0.3 is 0 Å². The Hall–Kier alpha value is -1.35. The zero-order valence-electron chi connectivity index (χ0n) is 6.89. The van der Waals surface area contributed by atoms with Gasteiger partial charge in [0.05, 0.1) is 6.54 Å². The minimum absolute atomic E-state index is 0.420. The van der Waals surface area contributed by atoms with E-state index in [9.17, 15) is 0 Å². The summed E-state index contributed by atoms with van der Waals surface area (Å²) in [5.41, 5.74) is 1.16. The first-order valence-corrected chi connectivity index (χ1v) is 4.31. The zero-order chi connectivity index (χ0) is 9.10. The quantitative estimate of drug-likeness (QED) is 0.730. The molecule has 66 valence electrons. The lowest BCUT2D eigenvalue weighted by Crippen LogP contribution is -2.01. The molecule has 0 atom stereocenters. The van der Waals surface area contributed by atoms with Gasteiger partial charge in [-0.1, -0.05) is 30.3 Å². The Kier molecular flexibility index (Phi) is 2.27. The van der Waals surface area contributed by atoms with Crippen LogP contribution in [0.25, 0.3) is 0 Å². The summed E-state index contributed by atoms with van der Waals surface area (Å²) < 4.78 is 1.65. The molecular formula is C9H8ClN3. The third-order valence-electron chi connectivity index (χ3n) is 1.74. The van der Waals surface area contributed by atoms with Crippen LogP contribution < -0.4 is 0 Å². The highest BCUT2D eigenvalue weighted by Gasteiger charge is 2.00. The summed E-state index contributed by atoms with van der Waals surface area (Å²) in [5.74, 6) is 0. The lowest BCUT2D eigenvalue weighted by Gasteiger charge is -2.00. The van der Waals surface area contributed by atoms with Gasteiger partial charge < -0.3 is 0 Å². The lowest BCUT2D eigenvalue weighted by atomic mass is 10.2. The summed E-state index contributed by atoms with van der Waals surface area (Å²) in [6, 6.07) is 10.0. The second kappa shape index (κ2) is 3.58. The van der Waals surface area contributed by atoms with Crippen LogP contribution in [0.2, 0.25) is 5.28 Å². The van der Waals surface area contributed by atoms with Crippen LogP contribution in [-0.4, -0.2) is 14.8 Å². The van der Waals surface area contributed by atoms with Crippen molar-refractivity contribution in [3.8, 4) is 0 Å². The van der Waals surface area contributed by atoms with E-state index < -0.39 is 0 Å². The van der Waals surface area contributed by atoms with Crippen LogP contribution in [0.15, 0.2) is 36.7 Å². The van der Waals surface area contributed by atoms with Gasteiger partial charge in [-0.05, 0) is 17.2 Å². The number of rotatable bonds is 2. The van der Waals surface area contributed by atoms with Crippen LogP contribution in [0, 0.1) is 0 Å². The number of halogens is 1. The molecule has 0 aliphatic rings. The van der Waals surface area contributed by atoms with Gasteiger partial charge in [0.25, 0.3) is 0 Å². The SMILES string of the molecule is Clc1ncnn1Cc1ccccc1. The Bertz CT molecular complexity index is 383. The summed E-state index contributed by atoms with van der Waals surface area (Å²) in [6.45, 7) is 0.666. The molecule has 0 saturated carbocycles.